The second-order valence-corrected chi connectivity index (χ2v) is 11.5. The first kappa shape index (κ1) is 27.5. The molecule has 40 heavy (non-hydrogen) atoms. The zero-order valence-corrected chi connectivity index (χ0v) is 23.5. The molecule has 9 nitrogen and oxygen atoms in total. The number of aromatic nitrogens is 3. The molecule has 1 N–H and O–H groups in total. The number of alkyl carbamates (subject to hydrolysis) is 1. The predicted octanol–water partition coefficient (Wildman–Crippen LogP) is 5.09. The van der Waals surface area contributed by atoms with E-state index in [2.05, 4.69) is 11.4 Å². The Morgan fingerprint density at radius 3 is 2.77 bits per heavy atom. The summed E-state index contributed by atoms with van der Waals surface area (Å²) in [7, 11) is 1.65. The number of anilines is 1. The lowest BCUT2D eigenvalue weighted by Crippen LogP contribution is -2.49. The van der Waals surface area contributed by atoms with Crippen molar-refractivity contribution in [3.8, 4) is 6.07 Å². The topological polar surface area (TPSA) is 105 Å². The van der Waals surface area contributed by atoms with E-state index in [9.17, 15) is 19.2 Å². The van der Waals surface area contributed by atoms with E-state index in [-0.39, 0.29) is 18.1 Å². The average molecular weight is 565 g/mol. The summed E-state index contributed by atoms with van der Waals surface area (Å²) in [5, 5.41) is 13.4. The van der Waals surface area contributed by atoms with Crippen LogP contribution in [0.25, 0.3) is 21.9 Å². The number of benzene rings is 2. The monoisotopic (exact) mass is 564 g/mol. The Morgan fingerprint density at radius 1 is 1.27 bits per heavy atom. The molecule has 1 saturated heterocycles. The molecule has 2 aromatic carbocycles. The standard InChI is InChI=1S/C29H30ClFN6O3/c1-29(2,3)40-28(39)33-20-6-5-11-36(16-20)27-34-24-21-9-7-17(14-32)12-23(21)35(4)26(38)25(24)37(27)15-18-13-19(31)8-10-22(18)30/h7-10,12-13,20H,5-6,11,15-16H2,1-4H3,(H,33,39)/t20-/m1/s1. The van der Waals surface area contributed by atoms with Gasteiger partial charge in [-0.1, -0.05) is 11.6 Å². The Balaban J connectivity index is 1.64. The number of nitrogens with one attached hydrogen (secondary N) is 1. The largest absolute Gasteiger partial charge is 0.444 e. The third kappa shape index (κ3) is 5.34. The number of imidazole rings is 1. The SMILES string of the molecule is Cn1c(=O)c2c(nc(N3CCC[C@@H](NC(=O)OC(C)(C)C)C3)n2Cc2cc(F)ccc2Cl)c2ccc(C#N)cc21. The van der Waals surface area contributed by atoms with Crippen LogP contribution in [0.5, 0.6) is 0 Å². The molecule has 0 radical (unpaired) electrons. The number of piperidine rings is 1. The normalized spacial score (nSPS) is 15.8. The van der Waals surface area contributed by atoms with Crippen LogP contribution in [-0.4, -0.2) is 44.9 Å². The van der Waals surface area contributed by atoms with E-state index >= 15 is 0 Å². The van der Waals surface area contributed by atoms with E-state index in [1.807, 2.05) is 25.7 Å². The van der Waals surface area contributed by atoms with Gasteiger partial charge in [0.05, 0.1) is 23.7 Å². The molecule has 1 fully saturated rings. The maximum Gasteiger partial charge on any atom is 0.407 e. The van der Waals surface area contributed by atoms with Crippen LogP contribution >= 0.6 is 11.6 Å². The van der Waals surface area contributed by atoms with Crippen molar-refractivity contribution in [1.29, 1.82) is 5.26 Å². The second kappa shape index (κ2) is 10.5. The minimum Gasteiger partial charge on any atom is -0.444 e. The zero-order valence-electron chi connectivity index (χ0n) is 22.8. The molecule has 11 heteroatoms. The molecule has 1 aliphatic rings. The van der Waals surface area contributed by atoms with Crippen molar-refractivity contribution in [2.24, 2.45) is 7.05 Å². The van der Waals surface area contributed by atoms with Gasteiger partial charge in [-0.3, -0.25) is 4.79 Å². The van der Waals surface area contributed by atoms with Gasteiger partial charge in [-0.2, -0.15) is 5.26 Å². The van der Waals surface area contributed by atoms with Crippen molar-refractivity contribution in [1.82, 2.24) is 19.4 Å². The summed E-state index contributed by atoms with van der Waals surface area (Å²) in [6.07, 6.45) is 1.04. The summed E-state index contributed by atoms with van der Waals surface area (Å²) in [4.78, 5) is 33.2. The molecular formula is C29H30ClFN6O3. The van der Waals surface area contributed by atoms with Crippen molar-refractivity contribution < 1.29 is 13.9 Å². The summed E-state index contributed by atoms with van der Waals surface area (Å²) < 4.78 is 22.9. The van der Waals surface area contributed by atoms with Crippen LogP contribution in [0.3, 0.4) is 0 Å². The van der Waals surface area contributed by atoms with Gasteiger partial charge in [0.25, 0.3) is 5.56 Å². The van der Waals surface area contributed by atoms with Crippen molar-refractivity contribution in [2.75, 3.05) is 18.0 Å². The van der Waals surface area contributed by atoms with E-state index < -0.39 is 17.5 Å². The Bertz CT molecular complexity index is 1730. The number of nitrogens with zero attached hydrogens (tertiary/aromatic N) is 5. The quantitative estimate of drug-likeness (QED) is 0.370. The van der Waals surface area contributed by atoms with Crippen molar-refractivity contribution in [2.45, 2.75) is 51.8 Å². The van der Waals surface area contributed by atoms with E-state index in [0.29, 0.717) is 57.1 Å². The van der Waals surface area contributed by atoms with Crippen LogP contribution in [0.1, 0.15) is 44.7 Å². The van der Waals surface area contributed by atoms with E-state index in [0.717, 1.165) is 12.8 Å². The fraction of sp³-hybridized carbons (Fsp3) is 0.379. The number of pyridine rings is 1. The number of nitriles is 1. The highest BCUT2D eigenvalue weighted by Gasteiger charge is 2.29. The van der Waals surface area contributed by atoms with Gasteiger partial charge in [0.2, 0.25) is 5.95 Å². The van der Waals surface area contributed by atoms with Gasteiger partial charge in [0.1, 0.15) is 22.5 Å². The maximum absolute atomic E-state index is 14.2. The number of aryl methyl sites for hydroxylation is 1. The minimum absolute atomic E-state index is 0.111. The molecule has 5 rings (SSSR count). The molecule has 0 unspecified atom stereocenters. The Labute approximate surface area is 235 Å². The molecule has 3 heterocycles. The molecule has 1 atom stereocenters. The van der Waals surface area contributed by atoms with Crippen molar-refractivity contribution in [3.63, 3.8) is 0 Å². The number of carbonyl (C=O) groups is 1. The van der Waals surface area contributed by atoms with Gasteiger partial charge < -0.3 is 24.1 Å². The van der Waals surface area contributed by atoms with Crippen molar-refractivity contribution >= 4 is 45.6 Å². The molecular weight excluding hydrogens is 535 g/mol. The highest BCUT2D eigenvalue weighted by atomic mass is 35.5. The van der Waals surface area contributed by atoms with Crippen LogP contribution in [-0.2, 0) is 18.3 Å². The Kier molecular flexibility index (Phi) is 7.19. The number of ether oxygens (including phenoxy) is 1. The number of amides is 1. The number of fused-ring (bicyclic) bond motifs is 3. The third-order valence-corrected chi connectivity index (χ3v) is 7.33. The van der Waals surface area contributed by atoms with Gasteiger partial charge in [0, 0.05) is 36.6 Å². The molecule has 0 spiro atoms. The van der Waals surface area contributed by atoms with E-state index in [1.165, 1.54) is 22.8 Å². The van der Waals surface area contributed by atoms with Gasteiger partial charge >= 0.3 is 6.09 Å². The maximum atomic E-state index is 14.2. The van der Waals surface area contributed by atoms with Gasteiger partial charge in [-0.25, -0.2) is 14.2 Å². The summed E-state index contributed by atoms with van der Waals surface area (Å²) in [5.41, 5.74) is 1.42. The zero-order chi connectivity index (χ0) is 28.8. The van der Waals surface area contributed by atoms with Gasteiger partial charge in [-0.15, -0.1) is 0 Å². The molecule has 1 amide bonds. The molecule has 2 aromatic heterocycles. The second-order valence-electron chi connectivity index (χ2n) is 11.1. The Hall–Kier alpha value is -4.10. The van der Waals surface area contributed by atoms with E-state index in [4.69, 9.17) is 21.3 Å². The average Bonchev–Trinajstić information content (AvgIpc) is 3.27. The van der Waals surface area contributed by atoms with Crippen molar-refractivity contribution in [3.05, 3.63) is 68.7 Å². The minimum atomic E-state index is -0.622. The van der Waals surface area contributed by atoms with Crippen LogP contribution in [0.15, 0.2) is 41.2 Å². The molecule has 0 aliphatic carbocycles. The van der Waals surface area contributed by atoms with E-state index in [1.54, 1.807) is 29.8 Å². The third-order valence-electron chi connectivity index (χ3n) is 6.96. The first-order valence-corrected chi connectivity index (χ1v) is 13.4. The molecule has 208 valence electrons. The highest BCUT2D eigenvalue weighted by molar-refractivity contribution is 6.31. The number of rotatable bonds is 4. The summed E-state index contributed by atoms with van der Waals surface area (Å²) >= 11 is 6.45. The summed E-state index contributed by atoms with van der Waals surface area (Å²) in [6, 6.07) is 11.2. The van der Waals surface area contributed by atoms with Crippen LogP contribution < -0.4 is 15.8 Å². The summed E-state index contributed by atoms with van der Waals surface area (Å²) in [5.74, 6) is 0.0762. The lowest BCUT2D eigenvalue weighted by atomic mass is 10.1. The number of halogens is 2. The highest BCUT2D eigenvalue weighted by Crippen LogP contribution is 2.31. The first-order valence-electron chi connectivity index (χ1n) is 13.1. The molecule has 0 bridgehead atoms. The number of hydrogen-bond acceptors (Lipinski definition) is 6. The lowest BCUT2D eigenvalue weighted by Gasteiger charge is -2.34. The molecule has 0 saturated carbocycles. The number of hydrogen-bond donors (Lipinski definition) is 1. The van der Waals surface area contributed by atoms with Gasteiger partial charge in [-0.05, 0) is 75.6 Å². The number of carbonyl (C=O) groups excluding carboxylic acids is 1. The fourth-order valence-electron chi connectivity index (χ4n) is 5.17. The summed E-state index contributed by atoms with van der Waals surface area (Å²) in [6.45, 7) is 6.62. The predicted molar refractivity (Wildman–Crippen MR) is 152 cm³/mol. The van der Waals surface area contributed by atoms with Crippen LogP contribution in [0.4, 0.5) is 15.1 Å². The fourth-order valence-corrected chi connectivity index (χ4v) is 5.35. The Morgan fingerprint density at radius 2 is 2.05 bits per heavy atom. The molecule has 4 aromatic rings. The smallest absolute Gasteiger partial charge is 0.407 e. The first-order chi connectivity index (χ1) is 18.9. The molecule has 1 aliphatic heterocycles. The van der Waals surface area contributed by atoms with Gasteiger partial charge in [0.15, 0.2) is 0 Å². The van der Waals surface area contributed by atoms with Crippen LogP contribution in [0.2, 0.25) is 5.02 Å². The van der Waals surface area contributed by atoms with Crippen LogP contribution in [0, 0.1) is 17.1 Å². The lowest BCUT2D eigenvalue weighted by molar-refractivity contribution is 0.0499.